The third-order valence-corrected chi connectivity index (χ3v) is 6.28. The number of benzene rings is 1. The second-order valence-electron chi connectivity index (χ2n) is 7.80. The van der Waals surface area contributed by atoms with Gasteiger partial charge in [-0.2, -0.15) is 5.10 Å². The second-order valence-corrected chi connectivity index (χ2v) is 8.24. The van der Waals surface area contributed by atoms with Gasteiger partial charge in [0.1, 0.15) is 29.4 Å². The van der Waals surface area contributed by atoms with Gasteiger partial charge in [-0.25, -0.2) is 14.6 Å². The molecule has 2 aromatic heterocycles. The number of ether oxygens (including phenoxy) is 1. The van der Waals surface area contributed by atoms with Crippen LogP contribution in [-0.4, -0.2) is 44.1 Å². The maximum absolute atomic E-state index is 13.0. The highest BCUT2D eigenvalue weighted by molar-refractivity contribution is 6.39. The molecule has 1 aliphatic heterocycles. The molecule has 10 heteroatoms. The van der Waals surface area contributed by atoms with Crippen molar-refractivity contribution >= 4 is 40.6 Å². The van der Waals surface area contributed by atoms with E-state index in [-0.39, 0.29) is 10.9 Å². The lowest BCUT2D eigenvalue weighted by Crippen LogP contribution is -2.44. The van der Waals surface area contributed by atoms with Crippen LogP contribution in [0.5, 0.6) is 5.75 Å². The molecule has 0 bridgehead atoms. The number of hydrogen-bond donors (Lipinski definition) is 2. The van der Waals surface area contributed by atoms with Gasteiger partial charge in [0, 0.05) is 11.8 Å². The van der Waals surface area contributed by atoms with Crippen LogP contribution in [0.1, 0.15) is 35.8 Å². The molecule has 0 spiro atoms. The van der Waals surface area contributed by atoms with Gasteiger partial charge >= 0.3 is 5.97 Å². The Kier molecular flexibility index (Phi) is 5.37. The Labute approximate surface area is 189 Å². The first-order valence-corrected chi connectivity index (χ1v) is 10.3. The maximum Gasteiger partial charge on any atom is 0.318 e. The Morgan fingerprint density at radius 1 is 1.34 bits per heavy atom. The Hall–Kier alpha value is -3.46. The summed E-state index contributed by atoms with van der Waals surface area (Å²) in [6.45, 7) is 5.44. The first-order valence-electron chi connectivity index (χ1n) is 9.96. The molecule has 0 saturated heterocycles. The Morgan fingerprint density at radius 2 is 2.09 bits per heavy atom. The number of hydrogen-bond acceptors (Lipinski definition) is 7. The van der Waals surface area contributed by atoms with E-state index in [1.165, 1.54) is 18.6 Å². The van der Waals surface area contributed by atoms with Crippen molar-refractivity contribution in [1.29, 1.82) is 0 Å². The summed E-state index contributed by atoms with van der Waals surface area (Å²) in [5.41, 5.74) is 7.02. The summed E-state index contributed by atoms with van der Waals surface area (Å²) in [5.74, 6) is -0.272. The van der Waals surface area contributed by atoms with Crippen LogP contribution in [0.25, 0.3) is 11.0 Å². The van der Waals surface area contributed by atoms with Gasteiger partial charge in [-0.05, 0) is 38.5 Å². The number of aryl methyl sites for hydroxylation is 2. The van der Waals surface area contributed by atoms with Crippen molar-refractivity contribution in [2.75, 3.05) is 12.8 Å². The fourth-order valence-electron chi connectivity index (χ4n) is 4.46. The number of nitrogen functional groups attached to an aromatic ring is 1. The van der Waals surface area contributed by atoms with E-state index < -0.39 is 23.5 Å². The van der Waals surface area contributed by atoms with Crippen LogP contribution < -0.4 is 10.5 Å². The van der Waals surface area contributed by atoms with Crippen molar-refractivity contribution < 1.29 is 14.6 Å². The summed E-state index contributed by atoms with van der Waals surface area (Å²) < 4.78 is 7.14. The topological polar surface area (TPSA) is 129 Å². The fourth-order valence-corrected chi connectivity index (χ4v) is 4.69. The van der Waals surface area contributed by atoms with Crippen LogP contribution in [-0.2, 0) is 4.79 Å². The van der Waals surface area contributed by atoms with E-state index in [4.69, 9.17) is 22.1 Å². The third kappa shape index (κ3) is 3.12. The van der Waals surface area contributed by atoms with Crippen LogP contribution in [0.3, 0.4) is 0 Å². The minimum atomic E-state index is -1.59. The molecule has 0 aliphatic carbocycles. The van der Waals surface area contributed by atoms with Crippen molar-refractivity contribution in [3.8, 4) is 5.75 Å². The lowest BCUT2D eigenvalue weighted by atomic mass is 9.69. The molecule has 3 atom stereocenters. The number of carboxylic acids is 1. The summed E-state index contributed by atoms with van der Waals surface area (Å²) in [5, 5.41) is 16.0. The van der Waals surface area contributed by atoms with E-state index in [2.05, 4.69) is 20.1 Å². The lowest BCUT2D eigenvalue weighted by Gasteiger charge is -2.40. The first kappa shape index (κ1) is 21.8. The molecule has 3 unspecified atom stereocenters. The van der Waals surface area contributed by atoms with Gasteiger partial charge in [-0.3, -0.25) is 9.79 Å². The Bertz CT molecular complexity index is 1280. The molecule has 0 saturated carbocycles. The number of anilines is 1. The molecule has 0 amide bonds. The van der Waals surface area contributed by atoms with Crippen LogP contribution >= 0.6 is 11.6 Å². The average molecular weight is 455 g/mol. The molecular formula is C22H23ClN6O3. The molecule has 3 heterocycles. The summed E-state index contributed by atoms with van der Waals surface area (Å²) in [6.07, 6.45) is 4.33. The molecule has 166 valence electrons. The summed E-state index contributed by atoms with van der Waals surface area (Å²) in [4.78, 5) is 26.0. The van der Waals surface area contributed by atoms with Gasteiger partial charge in [-0.1, -0.05) is 23.7 Å². The SMILES string of the molecule is COc1cccc(C)c1C1N=CC(Cl)=CC1(C(=O)O)C(C)n1nc(C)c2c(N)ncnc21. The summed E-state index contributed by atoms with van der Waals surface area (Å²) >= 11 is 6.33. The highest BCUT2D eigenvalue weighted by Gasteiger charge is 2.53. The van der Waals surface area contributed by atoms with Gasteiger partial charge in [0.25, 0.3) is 0 Å². The number of nitrogens with two attached hydrogens (primary N) is 1. The van der Waals surface area contributed by atoms with Crippen molar-refractivity contribution in [3.63, 3.8) is 0 Å². The highest BCUT2D eigenvalue weighted by atomic mass is 35.5. The van der Waals surface area contributed by atoms with E-state index in [9.17, 15) is 9.90 Å². The first-order chi connectivity index (χ1) is 15.2. The number of carbonyl (C=O) groups is 1. The summed E-state index contributed by atoms with van der Waals surface area (Å²) in [6, 6.07) is 3.96. The molecule has 9 nitrogen and oxygen atoms in total. The van der Waals surface area contributed by atoms with Gasteiger partial charge in [0.2, 0.25) is 0 Å². The minimum absolute atomic E-state index is 0.227. The zero-order valence-corrected chi connectivity index (χ0v) is 18.8. The average Bonchev–Trinajstić information content (AvgIpc) is 3.10. The second kappa shape index (κ2) is 7.90. The monoisotopic (exact) mass is 454 g/mol. The minimum Gasteiger partial charge on any atom is -0.496 e. The van der Waals surface area contributed by atoms with E-state index >= 15 is 0 Å². The Balaban J connectivity index is 2.01. The standard InChI is InChI=1S/C22H23ClN6O3/c1-11-6-5-7-15(32-4)16(11)18-22(21(30)31,8-14(23)9-25-18)13(3)29-20-17(12(2)28-29)19(24)26-10-27-20/h5-10,13,18H,1-4H3,(H,30,31)(H2,24,26,27). The largest absolute Gasteiger partial charge is 0.496 e. The zero-order chi connectivity index (χ0) is 23.2. The number of rotatable bonds is 5. The number of aliphatic carboxylic acids is 1. The molecule has 3 aromatic rings. The molecule has 0 fully saturated rings. The number of methoxy groups -OCH3 is 1. The van der Waals surface area contributed by atoms with Crippen LogP contribution in [0.2, 0.25) is 0 Å². The maximum atomic E-state index is 13.0. The molecule has 0 radical (unpaired) electrons. The molecule has 1 aromatic carbocycles. The number of carboxylic acid groups (broad SMARTS) is 1. The molecule has 1 aliphatic rings. The molecule has 32 heavy (non-hydrogen) atoms. The van der Waals surface area contributed by atoms with Gasteiger partial charge in [0.15, 0.2) is 5.65 Å². The number of aliphatic imine (C=N–C) groups is 1. The number of fused-ring (bicyclic) bond motifs is 1. The molecular weight excluding hydrogens is 432 g/mol. The van der Waals surface area contributed by atoms with Crippen molar-refractivity contribution in [3.05, 3.63) is 52.5 Å². The molecule has 3 N–H and O–H groups in total. The van der Waals surface area contributed by atoms with E-state index in [0.717, 1.165) is 5.56 Å². The third-order valence-electron chi connectivity index (χ3n) is 6.08. The number of dihydropyridines is 1. The smallest absolute Gasteiger partial charge is 0.318 e. The van der Waals surface area contributed by atoms with Crippen molar-refractivity contribution in [2.24, 2.45) is 10.4 Å². The van der Waals surface area contributed by atoms with Gasteiger partial charge in [0.05, 0.1) is 29.3 Å². The highest BCUT2D eigenvalue weighted by Crippen LogP contribution is 2.52. The van der Waals surface area contributed by atoms with E-state index in [1.54, 1.807) is 31.7 Å². The lowest BCUT2D eigenvalue weighted by molar-refractivity contribution is -0.150. The Morgan fingerprint density at radius 3 is 2.78 bits per heavy atom. The number of nitrogens with zero attached hydrogens (tertiary/aromatic N) is 5. The van der Waals surface area contributed by atoms with Crippen LogP contribution in [0, 0.1) is 19.3 Å². The summed E-state index contributed by atoms with van der Waals surface area (Å²) in [7, 11) is 1.55. The predicted octanol–water partition coefficient (Wildman–Crippen LogP) is 3.61. The van der Waals surface area contributed by atoms with E-state index in [0.29, 0.717) is 28.0 Å². The number of aromatic nitrogens is 4. The quantitative estimate of drug-likeness (QED) is 0.602. The number of halogens is 1. The van der Waals surface area contributed by atoms with Crippen molar-refractivity contribution in [1.82, 2.24) is 19.7 Å². The normalized spacial score (nSPS) is 21.4. The predicted molar refractivity (Wildman–Crippen MR) is 122 cm³/mol. The van der Waals surface area contributed by atoms with Gasteiger partial charge < -0.3 is 15.6 Å². The molecule has 4 rings (SSSR count). The zero-order valence-electron chi connectivity index (χ0n) is 18.1. The van der Waals surface area contributed by atoms with Gasteiger partial charge in [-0.15, -0.1) is 0 Å². The fraction of sp³-hybridized carbons (Fsp3) is 0.318. The number of allylic oxidation sites excluding steroid dienone is 1. The van der Waals surface area contributed by atoms with Crippen molar-refractivity contribution in [2.45, 2.75) is 32.9 Å². The van der Waals surface area contributed by atoms with E-state index in [1.807, 2.05) is 19.1 Å². The van der Waals surface area contributed by atoms with Crippen LogP contribution in [0.4, 0.5) is 5.82 Å². The van der Waals surface area contributed by atoms with Crippen LogP contribution in [0.15, 0.2) is 40.6 Å².